The summed E-state index contributed by atoms with van der Waals surface area (Å²) in [6.07, 6.45) is 0.207. The lowest BCUT2D eigenvalue weighted by Gasteiger charge is -2.17. The molecule has 2 heterocycles. The van der Waals surface area contributed by atoms with E-state index in [-0.39, 0.29) is 23.7 Å². The summed E-state index contributed by atoms with van der Waals surface area (Å²) in [5.74, 6) is 0.865. The van der Waals surface area contributed by atoms with Crippen LogP contribution in [-0.4, -0.2) is 44.4 Å². The minimum atomic E-state index is -0.521. The fraction of sp³-hybridized carbons (Fsp3) is 0.429. The van der Waals surface area contributed by atoms with Gasteiger partial charge in [0, 0.05) is 0 Å². The SMILES string of the molecule is CC1(C)OCC(COc2ccc([O-])cc2)O1.[O-]c1ccc(OCC2CO2)cc1. The molecule has 0 saturated carbocycles. The van der Waals surface area contributed by atoms with Gasteiger partial charge in [-0.05, 0) is 38.1 Å². The summed E-state index contributed by atoms with van der Waals surface area (Å²) in [5, 5.41) is 21.6. The van der Waals surface area contributed by atoms with Gasteiger partial charge >= 0.3 is 0 Å². The van der Waals surface area contributed by atoms with Crippen LogP contribution in [0.5, 0.6) is 23.0 Å². The summed E-state index contributed by atoms with van der Waals surface area (Å²) >= 11 is 0. The van der Waals surface area contributed by atoms with Crippen molar-refractivity contribution in [3.8, 4) is 23.0 Å². The van der Waals surface area contributed by atoms with E-state index in [4.69, 9.17) is 23.7 Å². The summed E-state index contributed by atoms with van der Waals surface area (Å²) in [5.41, 5.74) is 0. The van der Waals surface area contributed by atoms with Gasteiger partial charge in [0.05, 0.1) is 13.2 Å². The quantitative estimate of drug-likeness (QED) is 0.697. The summed E-state index contributed by atoms with van der Waals surface area (Å²) < 4.78 is 26.8. The van der Waals surface area contributed by atoms with Crippen LogP contribution >= 0.6 is 0 Å². The van der Waals surface area contributed by atoms with E-state index in [1.807, 2.05) is 13.8 Å². The first-order valence-electron chi connectivity index (χ1n) is 9.13. The topological polar surface area (TPSA) is 95.6 Å². The van der Waals surface area contributed by atoms with Crippen molar-refractivity contribution in [2.75, 3.05) is 26.4 Å². The van der Waals surface area contributed by atoms with Gasteiger partial charge in [-0.25, -0.2) is 0 Å². The average Bonchev–Trinajstić information content (AvgIpc) is 3.44. The van der Waals surface area contributed by atoms with Gasteiger partial charge in [0.25, 0.3) is 0 Å². The first kappa shape index (κ1) is 20.3. The third-order valence-electron chi connectivity index (χ3n) is 3.99. The summed E-state index contributed by atoms with van der Waals surface area (Å²) in [7, 11) is 0. The molecule has 0 amide bonds. The van der Waals surface area contributed by atoms with Crippen molar-refractivity contribution < 1.29 is 33.9 Å². The molecule has 7 nitrogen and oxygen atoms in total. The van der Waals surface area contributed by atoms with Gasteiger partial charge in [-0.2, -0.15) is 0 Å². The largest absolute Gasteiger partial charge is 0.872 e. The molecule has 28 heavy (non-hydrogen) atoms. The molecular weight excluding hydrogens is 364 g/mol. The highest BCUT2D eigenvalue weighted by atomic mass is 16.7. The van der Waals surface area contributed by atoms with Crippen LogP contribution in [0.15, 0.2) is 48.5 Å². The predicted molar refractivity (Wildman–Crippen MR) is 97.4 cm³/mol. The van der Waals surface area contributed by atoms with Crippen molar-refractivity contribution in [3.63, 3.8) is 0 Å². The molecule has 2 fully saturated rings. The molecule has 2 aliphatic rings. The smallest absolute Gasteiger partial charge is 0.163 e. The van der Waals surface area contributed by atoms with E-state index in [1.54, 1.807) is 24.3 Å². The van der Waals surface area contributed by atoms with E-state index in [1.165, 1.54) is 24.3 Å². The zero-order chi connectivity index (χ0) is 20.0. The highest BCUT2D eigenvalue weighted by Crippen LogP contribution is 2.23. The second-order valence-corrected chi connectivity index (χ2v) is 6.97. The standard InChI is InChI=1S/C12H16O4.C9H10O3/c1-12(2)15-8-11(16-12)7-14-10-5-3-9(13)4-6-10;10-7-1-3-8(4-2-7)11-5-9-6-12-9/h3-6,11,13H,7-8H2,1-2H3;1-4,9-10H,5-6H2/p-2. The van der Waals surface area contributed by atoms with Crippen molar-refractivity contribution in [2.45, 2.75) is 31.8 Å². The number of epoxide rings is 1. The molecule has 2 saturated heterocycles. The Hall–Kier alpha value is -2.48. The van der Waals surface area contributed by atoms with E-state index in [0.717, 1.165) is 12.4 Å². The van der Waals surface area contributed by atoms with Crippen LogP contribution in [0, 0.1) is 0 Å². The molecule has 2 atom stereocenters. The summed E-state index contributed by atoms with van der Waals surface area (Å²) in [4.78, 5) is 0. The number of benzene rings is 2. The monoisotopic (exact) mass is 388 g/mol. The first-order chi connectivity index (χ1) is 13.4. The van der Waals surface area contributed by atoms with E-state index in [0.29, 0.717) is 25.6 Å². The average molecular weight is 388 g/mol. The molecular formula is C21H24O7-2. The molecule has 0 bridgehead atoms. The van der Waals surface area contributed by atoms with Gasteiger partial charge in [0.1, 0.15) is 36.9 Å². The van der Waals surface area contributed by atoms with Crippen molar-refractivity contribution in [1.29, 1.82) is 0 Å². The van der Waals surface area contributed by atoms with Crippen LogP contribution in [0.3, 0.4) is 0 Å². The fourth-order valence-corrected chi connectivity index (χ4v) is 2.46. The normalized spacial score (nSPS) is 22.1. The molecule has 7 heteroatoms. The Labute approximate surface area is 164 Å². The molecule has 2 aromatic rings. The summed E-state index contributed by atoms with van der Waals surface area (Å²) in [6, 6.07) is 12.6. The predicted octanol–water partition coefficient (Wildman–Crippen LogP) is 1.83. The number of hydrogen-bond donors (Lipinski definition) is 0. The maximum absolute atomic E-state index is 10.9. The Morgan fingerprint density at radius 1 is 0.821 bits per heavy atom. The van der Waals surface area contributed by atoms with Gasteiger partial charge in [0.15, 0.2) is 5.79 Å². The molecule has 2 aliphatic heterocycles. The van der Waals surface area contributed by atoms with Crippen LogP contribution in [-0.2, 0) is 14.2 Å². The van der Waals surface area contributed by atoms with E-state index in [2.05, 4.69) is 0 Å². The summed E-state index contributed by atoms with van der Waals surface area (Å²) in [6.45, 7) is 6.09. The third-order valence-corrected chi connectivity index (χ3v) is 3.99. The van der Waals surface area contributed by atoms with E-state index < -0.39 is 5.79 Å². The fourth-order valence-electron chi connectivity index (χ4n) is 2.46. The second kappa shape index (κ2) is 9.14. The van der Waals surface area contributed by atoms with Crippen LogP contribution in [0.2, 0.25) is 0 Å². The molecule has 152 valence electrons. The van der Waals surface area contributed by atoms with Crippen LogP contribution in [0.1, 0.15) is 13.8 Å². The van der Waals surface area contributed by atoms with Crippen LogP contribution < -0.4 is 19.7 Å². The maximum Gasteiger partial charge on any atom is 0.163 e. The molecule has 0 N–H and O–H groups in total. The zero-order valence-corrected chi connectivity index (χ0v) is 16.0. The van der Waals surface area contributed by atoms with Crippen molar-refractivity contribution >= 4 is 0 Å². The highest BCUT2D eigenvalue weighted by molar-refractivity contribution is 5.30. The maximum atomic E-state index is 10.9. The Bertz CT molecular complexity index is 723. The van der Waals surface area contributed by atoms with Crippen LogP contribution in [0.4, 0.5) is 0 Å². The van der Waals surface area contributed by atoms with Gasteiger partial charge in [-0.1, -0.05) is 24.3 Å². The molecule has 0 spiro atoms. The number of rotatable bonds is 6. The van der Waals surface area contributed by atoms with Crippen molar-refractivity contribution in [2.24, 2.45) is 0 Å². The lowest BCUT2D eigenvalue weighted by molar-refractivity contribution is -0.269. The molecule has 0 aromatic heterocycles. The Morgan fingerprint density at radius 3 is 1.68 bits per heavy atom. The molecule has 0 aliphatic carbocycles. The van der Waals surface area contributed by atoms with Crippen molar-refractivity contribution in [3.05, 3.63) is 48.5 Å². The minimum absolute atomic E-state index is 0.00465. The first-order valence-corrected chi connectivity index (χ1v) is 9.13. The van der Waals surface area contributed by atoms with Gasteiger partial charge in [-0.3, -0.25) is 0 Å². The molecule has 4 rings (SSSR count). The molecule has 2 aromatic carbocycles. The lowest BCUT2D eigenvalue weighted by Crippen LogP contribution is -2.25. The van der Waals surface area contributed by atoms with E-state index >= 15 is 0 Å². The molecule has 2 unspecified atom stereocenters. The van der Waals surface area contributed by atoms with Crippen LogP contribution in [0.25, 0.3) is 0 Å². The third kappa shape index (κ3) is 6.92. The lowest BCUT2D eigenvalue weighted by atomic mass is 10.3. The molecule has 0 radical (unpaired) electrons. The Morgan fingerprint density at radius 2 is 1.29 bits per heavy atom. The Kier molecular flexibility index (Phi) is 6.61. The van der Waals surface area contributed by atoms with Gasteiger partial charge < -0.3 is 33.9 Å². The number of ether oxygens (including phenoxy) is 5. The Balaban J connectivity index is 0.000000167. The number of hydrogen-bond acceptors (Lipinski definition) is 7. The van der Waals surface area contributed by atoms with Gasteiger partial charge in [0.2, 0.25) is 0 Å². The second-order valence-electron chi connectivity index (χ2n) is 6.97. The van der Waals surface area contributed by atoms with E-state index in [9.17, 15) is 10.2 Å². The van der Waals surface area contributed by atoms with Crippen molar-refractivity contribution in [1.82, 2.24) is 0 Å². The minimum Gasteiger partial charge on any atom is -0.872 e. The zero-order valence-electron chi connectivity index (χ0n) is 16.0. The highest BCUT2D eigenvalue weighted by Gasteiger charge is 2.32. The van der Waals surface area contributed by atoms with Gasteiger partial charge in [-0.15, -0.1) is 11.5 Å².